The van der Waals surface area contributed by atoms with Crippen LogP contribution >= 0.6 is 11.8 Å². The molecule has 7 heteroatoms. The third-order valence-electron chi connectivity index (χ3n) is 6.25. The van der Waals surface area contributed by atoms with E-state index < -0.39 is 5.97 Å². The number of thioether (sulfide) groups is 1. The van der Waals surface area contributed by atoms with Crippen molar-refractivity contribution in [2.45, 2.75) is 64.4 Å². The van der Waals surface area contributed by atoms with E-state index in [1.165, 1.54) is 23.9 Å². The highest BCUT2D eigenvalue weighted by atomic mass is 32.2. The number of hydrogen-bond acceptors (Lipinski definition) is 5. The minimum absolute atomic E-state index is 0.110. The van der Waals surface area contributed by atoms with Crippen LogP contribution in [0.2, 0.25) is 0 Å². The summed E-state index contributed by atoms with van der Waals surface area (Å²) in [6.07, 6.45) is 6.41. The Hall–Kier alpha value is -1.83. The van der Waals surface area contributed by atoms with E-state index in [1.807, 2.05) is 26.0 Å². The number of carboxylic acid groups (broad SMARTS) is 1. The molecule has 0 saturated heterocycles. The van der Waals surface area contributed by atoms with Gasteiger partial charge in [-0.05, 0) is 74.8 Å². The highest BCUT2D eigenvalue weighted by molar-refractivity contribution is 8.03. The first-order chi connectivity index (χ1) is 14.8. The topological polar surface area (TPSA) is 53.0 Å². The van der Waals surface area contributed by atoms with Crippen LogP contribution in [0.3, 0.4) is 0 Å². The van der Waals surface area contributed by atoms with Crippen LogP contribution in [0.5, 0.6) is 0 Å². The van der Waals surface area contributed by atoms with E-state index in [1.54, 1.807) is 13.2 Å². The molecule has 1 fully saturated rings. The fourth-order valence-electron chi connectivity index (χ4n) is 4.64. The van der Waals surface area contributed by atoms with Crippen LogP contribution in [0.1, 0.15) is 45.1 Å². The number of benzene rings is 1. The first kappa shape index (κ1) is 23.8. The quantitative estimate of drug-likeness (QED) is 0.613. The van der Waals surface area contributed by atoms with Crippen molar-refractivity contribution in [3.05, 3.63) is 57.9 Å². The van der Waals surface area contributed by atoms with E-state index in [0.29, 0.717) is 18.2 Å². The number of likely N-dealkylation sites (N-methyl/N-ethyl adjacent to an activating group) is 1. The van der Waals surface area contributed by atoms with Crippen molar-refractivity contribution in [1.82, 2.24) is 9.80 Å². The van der Waals surface area contributed by atoms with Gasteiger partial charge in [-0.1, -0.05) is 19.1 Å². The van der Waals surface area contributed by atoms with E-state index in [0.717, 1.165) is 47.6 Å². The van der Waals surface area contributed by atoms with E-state index in [-0.39, 0.29) is 18.1 Å². The summed E-state index contributed by atoms with van der Waals surface area (Å²) in [5.74, 6) is -0.453. The van der Waals surface area contributed by atoms with Gasteiger partial charge in [0.1, 0.15) is 12.0 Å². The molecule has 1 heterocycles. The lowest BCUT2D eigenvalue weighted by atomic mass is 9.91. The Morgan fingerprint density at radius 3 is 2.81 bits per heavy atom. The highest BCUT2D eigenvalue weighted by Gasteiger charge is 2.36. The number of aliphatic carboxylic acids is 1. The van der Waals surface area contributed by atoms with Gasteiger partial charge in [-0.2, -0.15) is 0 Å². The summed E-state index contributed by atoms with van der Waals surface area (Å²) in [6.45, 7) is 4.34. The third-order valence-corrected chi connectivity index (χ3v) is 7.25. The number of rotatable bonds is 8. The zero-order chi connectivity index (χ0) is 22.5. The van der Waals surface area contributed by atoms with Gasteiger partial charge in [0.2, 0.25) is 0 Å². The molecule has 0 aromatic heterocycles. The fraction of sp³-hybridized carbons (Fsp3) is 0.542. The van der Waals surface area contributed by atoms with Gasteiger partial charge >= 0.3 is 5.97 Å². The van der Waals surface area contributed by atoms with Crippen LogP contribution in [0.25, 0.3) is 0 Å². The van der Waals surface area contributed by atoms with Crippen molar-refractivity contribution in [2.24, 2.45) is 0 Å². The van der Waals surface area contributed by atoms with Crippen molar-refractivity contribution in [1.29, 1.82) is 0 Å². The lowest BCUT2D eigenvalue weighted by molar-refractivity contribution is -0.132. The minimum Gasteiger partial charge on any atom is -0.478 e. The Kier molecular flexibility index (Phi) is 8.19. The zero-order valence-electron chi connectivity index (χ0n) is 18.8. The molecule has 2 aliphatic rings. The van der Waals surface area contributed by atoms with Crippen LogP contribution < -0.4 is 0 Å². The average molecular weight is 449 g/mol. The van der Waals surface area contributed by atoms with Crippen LogP contribution in [0.15, 0.2) is 46.5 Å². The first-order valence-corrected chi connectivity index (χ1v) is 11.9. The molecule has 3 rings (SSSR count). The number of nitrogens with zero attached hydrogens (tertiary/aromatic N) is 2. The highest BCUT2D eigenvalue weighted by Crippen LogP contribution is 2.38. The Bertz CT molecular complexity index is 857. The summed E-state index contributed by atoms with van der Waals surface area (Å²) in [7, 11) is 3.88. The summed E-state index contributed by atoms with van der Waals surface area (Å²) < 4.78 is 19.5. The molecule has 31 heavy (non-hydrogen) atoms. The van der Waals surface area contributed by atoms with E-state index in [9.17, 15) is 14.3 Å². The third kappa shape index (κ3) is 5.51. The Morgan fingerprint density at radius 2 is 2.16 bits per heavy atom. The number of ether oxygens (including phenoxy) is 1. The maximum atomic E-state index is 13.9. The molecule has 3 unspecified atom stereocenters. The number of carbonyl (C=O) groups is 1. The number of carboxylic acids is 1. The molecule has 1 aromatic carbocycles. The Balaban J connectivity index is 1.99. The second kappa shape index (κ2) is 10.7. The lowest BCUT2D eigenvalue weighted by Gasteiger charge is -2.46. The molecule has 1 aliphatic carbocycles. The average Bonchev–Trinajstić information content (AvgIpc) is 2.75. The molecule has 1 N–H and O–H groups in total. The maximum Gasteiger partial charge on any atom is 0.338 e. The van der Waals surface area contributed by atoms with Crippen LogP contribution in [-0.4, -0.2) is 59.1 Å². The molecule has 5 nitrogen and oxygen atoms in total. The van der Waals surface area contributed by atoms with Gasteiger partial charge in [0, 0.05) is 19.7 Å². The molecule has 0 spiro atoms. The molecule has 0 amide bonds. The van der Waals surface area contributed by atoms with Gasteiger partial charge in [0.15, 0.2) is 0 Å². The van der Waals surface area contributed by atoms with Gasteiger partial charge in [-0.15, -0.1) is 11.8 Å². The first-order valence-electron chi connectivity index (χ1n) is 10.9. The van der Waals surface area contributed by atoms with Gasteiger partial charge in [0.25, 0.3) is 0 Å². The van der Waals surface area contributed by atoms with E-state index in [4.69, 9.17) is 4.74 Å². The van der Waals surface area contributed by atoms with E-state index >= 15 is 0 Å². The van der Waals surface area contributed by atoms with Crippen molar-refractivity contribution in [3.63, 3.8) is 0 Å². The molecular formula is C24H33FN2O3S. The van der Waals surface area contributed by atoms with Crippen molar-refractivity contribution in [3.8, 4) is 0 Å². The summed E-state index contributed by atoms with van der Waals surface area (Å²) in [4.78, 5) is 16.6. The van der Waals surface area contributed by atoms with Gasteiger partial charge < -0.3 is 14.7 Å². The van der Waals surface area contributed by atoms with Gasteiger partial charge in [-0.3, -0.25) is 4.90 Å². The molecule has 1 aromatic rings. The lowest BCUT2D eigenvalue weighted by Crippen LogP contribution is -2.52. The molecule has 170 valence electrons. The molecular weight excluding hydrogens is 415 g/mol. The predicted octanol–water partition coefficient (Wildman–Crippen LogP) is 4.85. The summed E-state index contributed by atoms with van der Waals surface area (Å²) in [5, 5.41) is 10.7. The second-order valence-corrected chi connectivity index (χ2v) is 9.54. The smallest absolute Gasteiger partial charge is 0.338 e. The Labute approximate surface area is 188 Å². The summed E-state index contributed by atoms with van der Waals surface area (Å²) in [6, 6.07) is 6.88. The predicted molar refractivity (Wildman–Crippen MR) is 123 cm³/mol. The minimum atomic E-state index is -0.924. The molecule has 0 bridgehead atoms. The van der Waals surface area contributed by atoms with Crippen molar-refractivity contribution in [2.75, 3.05) is 19.9 Å². The number of methoxy groups -OCH3 is 1. The second-order valence-electron chi connectivity index (χ2n) is 8.28. The van der Waals surface area contributed by atoms with Crippen LogP contribution in [-0.2, 0) is 16.1 Å². The molecule has 1 aliphatic heterocycles. The van der Waals surface area contributed by atoms with Crippen molar-refractivity contribution >= 4 is 17.7 Å². The largest absolute Gasteiger partial charge is 0.478 e. The maximum absolute atomic E-state index is 13.9. The SMILES string of the molecule is CCSC1=C(C(=O)O)C(C)=CC(N(C)C2CCCC(OC)C2)N1Cc1cccc(F)c1. The number of halogens is 1. The Morgan fingerprint density at radius 1 is 1.39 bits per heavy atom. The fourth-order valence-corrected chi connectivity index (χ4v) is 5.64. The standard InChI is InChI=1S/C24H33FN2O3S/c1-5-31-23-22(24(28)29)16(2)12-21(26(3)19-10-7-11-20(14-19)30-4)27(23)15-17-8-6-9-18(25)13-17/h6,8-9,12-13,19-21H,5,7,10-11,14-15H2,1-4H3,(H,28,29). The zero-order valence-corrected chi connectivity index (χ0v) is 19.6. The number of hydrogen-bond donors (Lipinski definition) is 1. The van der Waals surface area contributed by atoms with Crippen LogP contribution in [0, 0.1) is 5.82 Å². The summed E-state index contributed by atoms with van der Waals surface area (Å²) >= 11 is 1.54. The van der Waals surface area contributed by atoms with Crippen molar-refractivity contribution < 1.29 is 19.0 Å². The van der Waals surface area contributed by atoms with Gasteiger partial charge in [0.05, 0.1) is 16.7 Å². The molecule has 3 atom stereocenters. The molecule has 1 saturated carbocycles. The van der Waals surface area contributed by atoms with E-state index in [2.05, 4.69) is 16.8 Å². The molecule has 0 radical (unpaired) electrons. The van der Waals surface area contributed by atoms with Gasteiger partial charge in [-0.25, -0.2) is 9.18 Å². The normalized spacial score (nSPS) is 24.5. The van der Waals surface area contributed by atoms with Crippen LogP contribution in [0.4, 0.5) is 4.39 Å². The monoisotopic (exact) mass is 448 g/mol. The summed E-state index contributed by atoms with van der Waals surface area (Å²) in [5.41, 5.74) is 1.94.